The molecule has 120 valence electrons. The van der Waals surface area contributed by atoms with E-state index in [1.54, 1.807) is 24.3 Å². The summed E-state index contributed by atoms with van der Waals surface area (Å²) in [4.78, 5) is 18.4. The van der Waals surface area contributed by atoms with Crippen LogP contribution in [0.2, 0.25) is 0 Å². The van der Waals surface area contributed by atoms with Crippen LogP contribution in [-0.2, 0) is 6.54 Å². The third kappa shape index (κ3) is 3.77. The van der Waals surface area contributed by atoms with Crippen molar-refractivity contribution in [2.75, 3.05) is 12.3 Å². The van der Waals surface area contributed by atoms with Crippen molar-refractivity contribution in [3.05, 3.63) is 69.8 Å². The Morgan fingerprint density at radius 1 is 1.21 bits per heavy atom. The molecular weight excluding hydrogens is 307 g/mol. The summed E-state index contributed by atoms with van der Waals surface area (Å²) in [6, 6.07) is 11.5. The number of nitrogens with zero attached hydrogens (tertiary/aromatic N) is 1. The quantitative estimate of drug-likeness (QED) is 0.507. The van der Waals surface area contributed by atoms with Gasteiger partial charge in [-0.25, -0.2) is 9.37 Å². The third-order valence-electron chi connectivity index (χ3n) is 3.41. The number of hydrogen-bond acceptors (Lipinski definition) is 4. The maximum absolute atomic E-state index is 12.8. The van der Waals surface area contributed by atoms with Crippen molar-refractivity contribution >= 4 is 16.9 Å². The first-order chi connectivity index (χ1) is 11.6. The summed E-state index contributed by atoms with van der Waals surface area (Å²) in [5, 5.41) is 3.67. The number of nitrogens with one attached hydrogen (secondary N) is 2. The van der Waals surface area contributed by atoms with Gasteiger partial charge in [0, 0.05) is 12.1 Å². The fourth-order valence-electron chi connectivity index (χ4n) is 2.26. The molecule has 24 heavy (non-hydrogen) atoms. The minimum Gasteiger partial charge on any atom is -0.369 e. The number of rotatable bonds is 3. The van der Waals surface area contributed by atoms with E-state index in [0.717, 1.165) is 11.1 Å². The van der Waals surface area contributed by atoms with E-state index in [9.17, 15) is 9.18 Å². The molecule has 0 amide bonds. The molecule has 0 saturated heterocycles. The van der Waals surface area contributed by atoms with Crippen molar-refractivity contribution in [2.45, 2.75) is 6.54 Å². The second kappa shape index (κ2) is 6.94. The largest absolute Gasteiger partial charge is 0.369 e. The van der Waals surface area contributed by atoms with Gasteiger partial charge in [0.25, 0.3) is 5.56 Å². The number of benzene rings is 2. The van der Waals surface area contributed by atoms with Gasteiger partial charge in [0.05, 0.1) is 17.4 Å². The molecule has 2 aromatic carbocycles. The molecule has 0 aliphatic carbocycles. The van der Waals surface area contributed by atoms with Crippen LogP contribution >= 0.6 is 0 Å². The summed E-state index contributed by atoms with van der Waals surface area (Å²) in [6.07, 6.45) is 0. The second-order valence-electron chi connectivity index (χ2n) is 5.21. The van der Waals surface area contributed by atoms with Gasteiger partial charge in [0.15, 0.2) is 0 Å². The lowest BCUT2D eigenvalue weighted by Crippen LogP contribution is -2.15. The van der Waals surface area contributed by atoms with Gasteiger partial charge in [-0.2, -0.15) is 0 Å². The zero-order valence-corrected chi connectivity index (χ0v) is 12.8. The number of fused-ring (bicyclic) bond motifs is 1. The first-order valence-corrected chi connectivity index (χ1v) is 7.35. The summed E-state index contributed by atoms with van der Waals surface area (Å²) in [7, 11) is 0. The molecule has 5 nitrogen and oxygen atoms in total. The molecule has 0 unspecified atom stereocenters. The van der Waals surface area contributed by atoms with Gasteiger partial charge in [-0.15, -0.1) is 0 Å². The van der Waals surface area contributed by atoms with E-state index in [0.29, 0.717) is 24.0 Å². The average Bonchev–Trinajstić information content (AvgIpc) is 2.56. The van der Waals surface area contributed by atoms with E-state index in [1.165, 1.54) is 12.1 Å². The van der Waals surface area contributed by atoms with E-state index >= 15 is 0 Å². The van der Waals surface area contributed by atoms with Crippen LogP contribution in [-0.4, -0.2) is 16.5 Å². The predicted molar refractivity (Wildman–Crippen MR) is 91.8 cm³/mol. The Labute approximate surface area is 137 Å². The molecule has 3 rings (SSSR count). The van der Waals surface area contributed by atoms with Crippen molar-refractivity contribution in [1.82, 2.24) is 15.3 Å². The molecule has 0 fully saturated rings. The molecule has 0 aliphatic rings. The molecule has 0 spiro atoms. The highest BCUT2D eigenvalue weighted by Crippen LogP contribution is 2.10. The zero-order valence-electron chi connectivity index (χ0n) is 12.8. The Morgan fingerprint density at radius 2 is 2.00 bits per heavy atom. The van der Waals surface area contributed by atoms with Gasteiger partial charge < -0.3 is 11.1 Å². The molecule has 0 bridgehead atoms. The maximum Gasteiger partial charge on any atom is 0.260 e. The number of aromatic amines is 1. The summed E-state index contributed by atoms with van der Waals surface area (Å²) in [5.41, 5.74) is 7.54. The Bertz CT molecular complexity index is 984. The molecule has 0 radical (unpaired) electrons. The summed E-state index contributed by atoms with van der Waals surface area (Å²) >= 11 is 0. The van der Waals surface area contributed by atoms with Crippen LogP contribution in [0.5, 0.6) is 0 Å². The smallest absolute Gasteiger partial charge is 0.260 e. The van der Waals surface area contributed by atoms with Gasteiger partial charge in [-0.05, 0) is 42.0 Å². The highest BCUT2D eigenvalue weighted by Gasteiger charge is 2.03. The Balaban J connectivity index is 1.62. The monoisotopic (exact) mass is 322 g/mol. The predicted octanol–water partition coefficient (Wildman–Crippen LogP) is 1.79. The molecule has 1 heterocycles. The van der Waals surface area contributed by atoms with Gasteiger partial charge in [0.1, 0.15) is 5.82 Å². The van der Waals surface area contributed by atoms with Crippen LogP contribution in [0.3, 0.4) is 0 Å². The van der Waals surface area contributed by atoms with Gasteiger partial charge in [-0.1, -0.05) is 17.9 Å². The van der Waals surface area contributed by atoms with Gasteiger partial charge in [-0.3, -0.25) is 9.78 Å². The lowest BCUT2D eigenvalue weighted by molar-refractivity contribution is 0.627. The zero-order chi connectivity index (χ0) is 16.9. The summed E-state index contributed by atoms with van der Waals surface area (Å²) in [5.74, 6) is 5.74. The standard InChI is InChI=1S/C18H15FN4O/c19-14-6-3-12(4-7-14)2-1-9-21-11-13-5-8-16-15(10-13)17(24)23-18(20)22-16/h3-8,10,21H,9,11H2,(H3,20,22,23,24). The Morgan fingerprint density at radius 3 is 2.79 bits per heavy atom. The van der Waals surface area contributed by atoms with Crippen LogP contribution in [0.4, 0.5) is 10.3 Å². The number of hydrogen-bond donors (Lipinski definition) is 3. The molecule has 4 N–H and O–H groups in total. The lowest BCUT2D eigenvalue weighted by Gasteiger charge is -2.03. The molecular formula is C18H15FN4O. The van der Waals surface area contributed by atoms with Crippen LogP contribution in [0.25, 0.3) is 10.9 Å². The highest BCUT2D eigenvalue weighted by molar-refractivity contribution is 5.79. The van der Waals surface area contributed by atoms with E-state index in [2.05, 4.69) is 27.1 Å². The average molecular weight is 322 g/mol. The topological polar surface area (TPSA) is 83.8 Å². The van der Waals surface area contributed by atoms with Crippen molar-refractivity contribution in [2.24, 2.45) is 0 Å². The van der Waals surface area contributed by atoms with Crippen molar-refractivity contribution < 1.29 is 4.39 Å². The first-order valence-electron chi connectivity index (χ1n) is 7.35. The molecule has 0 atom stereocenters. The molecule has 0 aliphatic heterocycles. The number of anilines is 1. The van der Waals surface area contributed by atoms with E-state index in [4.69, 9.17) is 5.73 Å². The highest BCUT2D eigenvalue weighted by atomic mass is 19.1. The van der Waals surface area contributed by atoms with Crippen LogP contribution < -0.4 is 16.6 Å². The molecule has 0 saturated carbocycles. The fourth-order valence-corrected chi connectivity index (χ4v) is 2.26. The molecule has 6 heteroatoms. The fraction of sp³-hybridized carbons (Fsp3) is 0.111. The summed E-state index contributed by atoms with van der Waals surface area (Å²) in [6.45, 7) is 1.05. The summed E-state index contributed by atoms with van der Waals surface area (Å²) < 4.78 is 12.8. The van der Waals surface area contributed by atoms with Gasteiger partial charge >= 0.3 is 0 Å². The Kier molecular flexibility index (Phi) is 4.54. The minimum atomic E-state index is -0.277. The van der Waals surface area contributed by atoms with Gasteiger partial charge in [0.2, 0.25) is 5.95 Å². The van der Waals surface area contributed by atoms with E-state index < -0.39 is 0 Å². The first kappa shape index (κ1) is 15.7. The lowest BCUT2D eigenvalue weighted by atomic mass is 10.1. The SMILES string of the molecule is Nc1nc2ccc(CNCC#Cc3ccc(F)cc3)cc2c(=O)[nH]1. The third-order valence-corrected chi connectivity index (χ3v) is 3.41. The maximum atomic E-state index is 12.8. The van der Waals surface area contributed by atoms with Crippen molar-refractivity contribution in [3.8, 4) is 11.8 Å². The number of nitrogen functional groups attached to an aromatic ring is 1. The van der Waals surface area contributed by atoms with E-state index in [-0.39, 0.29) is 17.3 Å². The number of nitrogens with two attached hydrogens (primary N) is 1. The van der Waals surface area contributed by atoms with Crippen LogP contribution in [0.15, 0.2) is 47.3 Å². The Hall–Kier alpha value is -3.17. The number of H-pyrrole nitrogens is 1. The second-order valence-corrected chi connectivity index (χ2v) is 5.21. The van der Waals surface area contributed by atoms with Crippen molar-refractivity contribution in [1.29, 1.82) is 0 Å². The molecule has 3 aromatic rings. The minimum absolute atomic E-state index is 0.106. The number of aromatic nitrogens is 2. The normalized spacial score (nSPS) is 10.4. The van der Waals surface area contributed by atoms with Crippen LogP contribution in [0, 0.1) is 17.7 Å². The van der Waals surface area contributed by atoms with Crippen LogP contribution in [0.1, 0.15) is 11.1 Å². The number of halogens is 1. The molecule has 1 aromatic heterocycles. The van der Waals surface area contributed by atoms with E-state index in [1.807, 2.05) is 6.07 Å². The van der Waals surface area contributed by atoms with Crippen molar-refractivity contribution in [3.63, 3.8) is 0 Å².